The van der Waals surface area contributed by atoms with Crippen molar-refractivity contribution in [2.24, 2.45) is 5.92 Å². The number of carbonyl (C=O) groups excluding carboxylic acids is 1. The molecule has 1 aromatic rings. The molecule has 1 aliphatic rings. The standard InChI is InChI=1S/C12H12ClFN2O3/c13-7-3-8(14)5-9(4-7)15-12(19)16-10(11(17)18)6-1-2-6/h3-6,10H,1-2H2,(H,17,18)(H2,15,16,19)/t10-/m1/s1. The molecule has 5 nitrogen and oxygen atoms in total. The van der Waals surface area contributed by atoms with E-state index < -0.39 is 23.9 Å². The van der Waals surface area contributed by atoms with Gasteiger partial charge in [0, 0.05) is 10.7 Å². The third-order valence-corrected chi connectivity index (χ3v) is 2.98. The van der Waals surface area contributed by atoms with E-state index in [-0.39, 0.29) is 16.6 Å². The summed E-state index contributed by atoms with van der Waals surface area (Å²) in [6, 6.07) is 1.97. The largest absolute Gasteiger partial charge is 0.480 e. The maximum absolute atomic E-state index is 13.1. The van der Waals surface area contributed by atoms with Crippen LogP contribution in [0.2, 0.25) is 5.02 Å². The summed E-state index contributed by atoms with van der Waals surface area (Å²) in [5.74, 6) is -1.69. The molecule has 1 saturated carbocycles. The average molecular weight is 287 g/mol. The number of carboxylic acid groups (broad SMARTS) is 1. The van der Waals surface area contributed by atoms with Crippen molar-refractivity contribution in [2.45, 2.75) is 18.9 Å². The molecule has 0 spiro atoms. The SMILES string of the molecule is O=C(Nc1cc(F)cc(Cl)c1)N[C@@H](C(=O)O)C1CC1. The first-order valence-electron chi connectivity index (χ1n) is 5.72. The molecular weight excluding hydrogens is 275 g/mol. The van der Waals surface area contributed by atoms with Crippen LogP contribution < -0.4 is 10.6 Å². The van der Waals surface area contributed by atoms with Gasteiger partial charge in [-0.05, 0) is 37.0 Å². The number of hydrogen-bond acceptors (Lipinski definition) is 2. The monoisotopic (exact) mass is 286 g/mol. The number of nitrogens with one attached hydrogen (secondary N) is 2. The molecule has 0 unspecified atom stereocenters. The van der Waals surface area contributed by atoms with E-state index in [1.54, 1.807) is 0 Å². The van der Waals surface area contributed by atoms with Crippen LogP contribution in [0.1, 0.15) is 12.8 Å². The Morgan fingerprint density at radius 2 is 2.05 bits per heavy atom. The van der Waals surface area contributed by atoms with Gasteiger partial charge in [0.05, 0.1) is 0 Å². The van der Waals surface area contributed by atoms with Crippen LogP contribution in [0, 0.1) is 11.7 Å². The summed E-state index contributed by atoms with van der Waals surface area (Å²) in [5.41, 5.74) is 0.169. The summed E-state index contributed by atoms with van der Waals surface area (Å²) in [6.07, 6.45) is 1.56. The minimum atomic E-state index is -1.07. The fraction of sp³-hybridized carbons (Fsp3) is 0.333. The molecule has 3 N–H and O–H groups in total. The normalized spacial score (nSPS) is 15.7. The van der Waals surface area contributed by atoms with E-state index in [0.717, 1.165) is 25.0 Å². The van der Waals surface area contributed by atoms with E-state index in [2.05, 4.69) is 10.6 Å². The highest BCUT2D eigenvalue weighted by atomic mass is 35.5. The molecule has 2 rings (SSSR count). The second-order valence-corrected chi connectivity index (χ2v) is 4.85. The Morgan fingerprint density at radius 3 is 2.58 bits per heavy atom. The first-order chi connectivity index (χ1) is 8.95. The van der Waals surface area contributed by atoms with Crippen molar-refractivity contribution in [3.63, 3.8) is 0 Å². The summed E-state index contributed by atoms with van der Waals surface area (Å²) >= 11 is 5.64. The van der Waals surface area contributed by atoms with Gasteiger partial charge in [-0.1, -0.05) is 11.6 Å². The van der Waals surface area contributed by atoms with Crippen molar-refractivity contribution in [3.05, 3.63) is 29.0 Å². The van der Waals surface area contributed by atoms with Gasteiger partial charge in [-0.25, -0.2) is 14.0 Å². The van der Waals surface area contributed by atoms with E-state index in [0.29, 0.717) is 0 Å². The van der Waals surface area contributed by atoms with Crippen molar-refractivity contribution in [1.82, 2.24) is 5.32 Å². The van der Waals surface area contributed by atoms with E-state index in [1.807, 2.05) is 0 Å². The topological polar surface area (TPSA) is 78.4 Å². The minimum Gasteiger partial charge on any atom is -0.480 e. The van der Waals surface area contributed by atoms with Crippen LogP contribution in [-0.2, 0) is 4.79 Å². The van der Waals surface area contributed by atoms with Crippen LogP contribution in [0.15, 0.2) is 18.2 Å². The predicted molar refractivity (Wildman–Crippen MR) is 67.7 cm³/mol. The van der Waals surface area contributed by atoms with Crippen molar-refractivity contribution >= 4 is 29.3 Å². The number of benzene rings is 1. The molecule has 0 saturated heterocycles. The second-order valence-electron chi connectivity index (χ2n) is 4.41. The quantitative estimate of drug-likeness (QED) is 0.795. The molecule has 0 bridgehead atoms. The fourth-order valence-corrected chi connectivity index (χ4v) is 1.97. The zero-order valence-electron chi connectivity index (χ0n) is 9.82. The highest BCUT2D eigenvalue weighted by Crippen LogP contribution is 2.32. The van der Waals surface area contributed by atoms with E-state index in [1.165, 1.54) is 6.07 Å². The number of amides is 2. The van der Waals surface area contributed by atoms with Crippen LogP contribution in [0.3, 0.4) is 0 Å². The third-order valence-electron chi connectivity index (χ3n) is 2.77. The van der Waals surface area contributed by atoms with Gasteiger partial charge in [0.1, 0.15) is 11.9 Å². The van der Waals surface area contributed by atoms with Gasteiger partial charge in [0.25, 0.3) is 0 Å². The number of carboxylic acids is 1. The number of carbonyl (C=O) groups is 2. The molecule has 1 atom stereocenters. The van der Waals surface area contributed by atoms with Gasteiger partial charge in [0.2, 0.25) is 0 Å². The molecule has 1 aliphatic carbocycles. The van der Waals surface area contributed by atoms with Gasteiger partial charge >= 0.3 is 12.0 Å². The number of halogens is 2. The van der Waals surface area contributed by atoms with E-state index >= 15 is 0 Å². The van der Waals surface area contributed by atoms with E-state index in [9.17, 15) is 14.0 Å². The average Bonchev–Trinajstić information content (AvgIpc) is 3.07. The maximum Gasteiger partial charge on any atom is 0.326 e. The first-order valence-corrected chi connectivity index (χ1v) is 6.10. The summed E-state index contributed by atoms with van der Waals surface area (Å²) in [5, 5.41) is 13.8. The van der Waals surface area contributed by atoms with Gasteiger partial charge in [-0.3, -0.25) is 0 Å². The molecule has 0 heterocycles. The highest BCUT2D eigenvalue weighted by molar-refractivity contribution is 6.30. The molecule has 0 aromatic heterocycles. The predicted octanol–water partition coefficient (Wildman–Crippen LogP) is 2.46. The Labute approximate surface area is 113 Å². The summed E-state index contributed by atoms with van der Waals surface area (Å²) in [6.45, 7) is 0. The molecule has 19 heavy (non-hydrogen) atoms. The van der Waals surface area contributed by atoms with Crippen molar-refractivity contribution in [2.75, 3.05) is 5.32 Å². The molecular formula is C12H12ClFN2O3. The van der Waals surface area contributed by atoms with Gasteiger partial charge < -0.3 is 15.7 Å². The molecule has 7 heteroatoms. The molecule has 1 aromatic carbocycles. The van der Waals surface area contributed by atoms with Crippen LogP contribution in [-0.4, -0.2) is 23.1 Å². The van der Waals surface area contributed by atoms with E-state index in [4.69, 9.17) is 16.7 Å². The van der Waals surface area contributed by atoms with Gasteiger partial charge in [-0.2, -0.15) is 0 Å². The molecule has 102 valence electrons. The minimum absolute atomic E-state index is 0.0284. The molecule has 0 radical (unpaired) electrons. The van der Waals surface area contributed by atoms with Crippen LogP contribution in [0.25, 0.3) is 0 Å². The second kappa shape index (κ2) is 5.44. The Morgan fingerprint density at radius 1 is 1.37 bits per heavy atom. The van der Waals surface area contributed by atoms with Crippen LogP contribution in [0.4, 0.5) is 14.9 Å². The Balaban J connectivity index is 1.98. The number of rotatable bonds is 4. The number of hydrogen-bond donors (Lipinski definition) is 3. The number of aliphatic carboxylic acids is 1. The van der Waals surface area contributed by atoms with Crippen LogP contribution >= 0.6 is 11.6 Å². The zero-order valence-corrected chi connectivity index (χ0v) is 10.6. The summed E-state index contributed by atoms with van der Waals surface area (Å²) in [7, 11) is 0. The van der Waals surface area contributed by atoms with Crippen molar-refractivity contribution < 1.29 is 19.1 Å². The summed E-state index contributed by atoms with van der Waals surface area (Å²) in [4.78, 5) is 22.6. The maximum atomic E-state index is 13.1. The van der Waals surface area contributed by atoms with Crippen LogP contribution in [0.5, 0.6) is 0 Å². The number of anilines is 1. The lowest BCUT2D eigenvalue weighted by molar-refractivity contribution is -0.139. The zero-order chi connectivity index (χ0) is 14.0. The first kappa shape index (κ1) is 13.6. The lowest BCUT2D eigenvalue weighted by atomic mass is 10.2. The fourth-order valence-electron chi connectivity index (χ4n) is 1.75. The van der Waals surface area contributed by atoms with Crippen molar-refractivity contribution in [3.8, 4) is 0 Å². The Hall–Kier alpha value is -1.82. The number of urea groups is 1. The Bertz CT molecular complexity index is 499. The van der Waals surface area contributed by atoms with Crippen molar-refractivity contribution in [1.29, 1.82) is 0 Å². The lowest BCUT2D eigenvalue weighted by Gasteiger charge is -2.14. The van der Waals surface area contributed by atoms with Gasteiger partial charge in [-0.15, -0.1) is 0 Å². The smallest absolute Gasteiger partial charge is 0.326 e. The third kappa shape index (κ3) is 3.82. The summed E-state index contributed by atoms with van der Waals surface area (Å²) < 4.78 is 13.1. The van der Waals surface area contributed by atoms with Gasteiger partial charge in [0.15, 0.2) is 0 Å². The highest BCUT2D eigenvalue weighted by Gasteiger charge is 2.37. The lowest BCUT2D eigenvalue weighted by Crippen LogP contribution is -2.44. The molecule has 0 aliphatic heterocycles. The molecule has 1 fully saturated rings. The molecule has 2 amide bonds. The Kier molecular flexibility index (Phi) is 3.90.